The van der Waals surface area contributed by atoms with Gasteiger partial charge in [0.2, 0.25) is 5.95 Å². The molecule has 3 amide bonds. The molecule has 3 aliphatic rings. The molecule has 0 saturated carbocycles. The molecule has 3 fully saturated rings. The molecule has 2 unspecified atom stereocenters. The highest BCUT2D eigenvalue weighted by molar-refractivity contribution is 5.96. The third kappa shape index (κ3) is 6.89. The maximum Gasteiger partial charge on any atom is 0.320 e. The minimum Gasteiger partial charge on any atom is -0.381 e. The Morgan fingerprint density at radius 1 is 1.12 bits per heavy atom. The summed E-state index contributed by atoms with van der Waals surface area (Å²) in [6.45, 7) is 11.1. The monoisotopic (exact) mass is 565 g/mol. The van der Waals surface area contributed by atoms with Gasteiger partial charge >= 0.3 is 6.03 Å². The number of nitrogens with one attached hydrogen (secondary N) is 1. The van der Waals surface area contributed by atoms with Crippen molar-refractivity contribution in [2.24, 2.45) is 5.92 Å². The van der Waals surface area contributed by atoms with E-state index < -0.39 is 5.95 Å². The van der Waals surface area contributed by atoms with Gasteiger partial charge in [0.25, 0.3) is 5.91 Å². The molecule has 9 heteroatoms. The van der Waals surface area contributed by atoms with Gasteiger partial charge in [-0.25, -0.2) is 9.78 Å². The fourth-order valence-electron chi connectivity index (χ4n) is 6.81. The number of benzene rings is 1. The summed E-state index contributed by atoms with van der Waals surface area (Å²) in [4.78, 5) is 37.1. The van der Waals surface area contributed by atoms with E-state index in [1.165, 1.54) is 11.6 Å². The van der Waals surface area contributed by atoms with E-state index in [-0.39, 0.29) is 24.0 Å². The van der Waals surface area contributed by atoms with Crippen LogP contribution in [0.1, 0.15) is 72.2 Å². The molecule has 5 rings (SSSR count). The number of ether oxygens (including phenoxy) is 1. The Balaban J connectivity index is 1.15. The number of carbonyl (C=O) groups excluding carboxylic acids is 2. The first kappa shape index (κ1) is 29.5. The second-order valence-corrected chi connectivity index (χ2v) is 12.0. The van der Waals surface area contributed by atoms with Gasteiger partial charge in [-0.15, -0.1) is 0 Å². The topological polar surface area (TPSA) is 78.0 Å². The SMILES string of the molecule is Cc1cc(F)nc(C)c1C(=O)NCCC(C)N1CCC(N2C(=O)N(CC3CCOCC3)CC2c2ccccc2)CC1. The zero-order chi connectivity index (χ0) is 28.9. The highest BCUT2D eigenvalue weighted by Crippen LogP contribution is 2.36. The van der Waals surface area contributed by atoms with Crippen LogP contribution in [-0.4, -0.2) is 89.6 Å². The van der Waals surface area contributed by atoms with E-state index in [1.807, 2.05) is 6.07 Å². The molecule has 1 N–H and O–H groups in total. The van der Waals surface area contributed by atoms with Gasteiger partial charge in [-0.1, -0.05) is 30.3 Å². The van der Waals surface area contributed by atoms with E-state index in [0.29, 0.717) is 35.3 Å². The molecule has 2 atom stereocenters. The highest BCUT2D eigenvalue weighted by Gasteiger charge is 2.43. The highest BCUT2D eigenvalue weighted by atomic mass is 19.1. The van der Waals surface area contributed by atoms with Gasteiger partial charge in [0.1, 0.15) is 0 Å². The van der Waals surface area contributed by atoms with Crippen LogP contribution in [0.25, 0.3) is 0 Å². The molecule has 0 aliphatic carbocycles. The Morgan fingerprint density at radius 3 is 2.51 bits per heavy atom. The summed E-state index contributed by atoms with van der Waals surface area (Å²) < 4.78 is 19.1. The van der Waals surface area contributed by atoms with Crippen LogP contribution < -0.4 is 5.32 Å². The largest absolute Gasteiger partial charge is 0.381 e. The van der Waals surface area contributed by atoms with Gasteiger partial charge in [-0.2, -0.15) is 4.39 Å². The van der Waals surface area contributed by atoms with Crippen LogP contribution in [0.2, 0.25) is 0 Å². The Bertz CT molecular complexity index is 1170. The van der Waals surface area contributed by atoms with Crippen LogP contribution in [0.4, 0.5) is 9.18 Å². The number of pyridine rings is 1. The maximum absolute atomic E-state index is 13.8. The van der Waals surface area contributed by atoms with Crippen molar-refractivity contribution in [3.05, 3.63) is 64.7 Å². The van der Waals surface area contributed by atoms with E-state index in [4.69, 9.17) is 4.74 Å². The summed E-state index contributed by atoms with van der Waals surface area (Å²) in [7, 11) is 0. The van der Waals surface area contributed by atoms with Gasteiger partial charge < -0.3 is 24.8 Å². The number of aromatic nitrogens is 1. The predicted octanol–water partition coefficient (Wildman–Crippen LogP) is 4.72. The summed E-state index contributed by atoms with van der Waals surface area (Å²) in [5, 5.41) is 3.00. The van der Waals surface area contributed by atoms with E-state index in [0.717, 1.165) is 71.5 Å². The van der Waals surface area contributed by atoms with Crippen LogP contribution in [0.5, 0.6) is 0 Å². The van der Waals surface area contributed by atoms with Crippen molar-refractivity contribution < 1.29 is 18.7 Å². The molecule has 1 aromatic heterocycles. The molecule has 0 spiro atoms. The van der Waals surface area contributed by atoms with Crippen LogP contribution in [0.15, 0.2) is 36.4 Å². The lowest BCUT2D eigenvalue weighted by Gasteiger charge is -2.41. The van der Waals surface area contributed by atoms with Crippen LogP contribution in [0, 0.1) is 25.7 Å². The van der Waals surface area contributed by atoms with E-state index in [2.05, 4.69) is 56.2 Å². The van der Waals surface area contributed by atoms with E-state index in [9.17, 15) is 14.0 Å². The summed E-state index contributed by atoms with van der Waals surface area (Å²) >= 11 is 0. The molecule has 3 aliphatic heterocycles. The number of urea groups is 1. The molecule has 1 aromatic carbocycles. The summed E-state index contributed by atoms with van der Waals surface area (Å²) in [6, 6.07) is 12.5. The number of carbonyl (C=O) groups is 2. The zero-order valence-electron chi connectivity index (χ0n) is 24.7. The van der Waals surface area contributed by atoms with Crippen molar-refractivity contribution in [3.63, 3.8) is 0 Å². The Labute approximate surface area is 243 Å². The van der Waals surface area contributed by atoms with Gasteiger partial charge in [0.15, 0.2) is 0 Å². The first-order chi connectivity index (χ1) is 19.8. The average Bonchev–Trinajstić information content (AvgIpc) is 3.29. The van der Waals surface area contributed by atoms with Gasteiger partial charge in [-0.05, 0) is 76.0 Å². The van der Waals surface area contributed by atoms with Crippen molar-refractivity contribution in [2.45, 2.75) is 71.0 Å². The minimum atomic E-state index is -0.564. The normalized spacial score (nSPS) is 21.9. The molecule has 222 valence electrons. The maximum atomic E-state index is 13.8. The van der Waals surface area contributed by atoms with Gasteiger partial charge in [0, 0.05) is 58.0 Å². The molecule has 41 heavy (non-hydrogen) atoms. The van der Waals surface area contributed by atoms with E-state index >= 15 is 0 Å². The number of likely N-dealkylation sites (tertiary alicyclic amines) is 1. The van der Waals surface area contributed by atoms with Crippen LogP contribution in [0.3, 0.4) is 0 Å². The molecule has 0 radical (unpaired) electrons. The second kappa shape index (κ2) is 13.3. The lowest BCUT2D eigenvalue weighted by Crippen LogP contribution is -2.49. The summed E-state index contributed by atoms with van der Waals surface area (Å²) in [5.74, 6) is -0.256. The minimum absolute atomic E-state index is 0.0839. The quantitative estimate of drug-likeness (QED) is 0.446. The fraction of sp³-hybridized carbons (Fsp3) is 0.594. The summed E-state index contributed by atoms with van der Waals surface area (Å²) in [6.07, 6.45) is 4.75. The lowest BCUT2D eigenvalue weighted by atomic mass is 9.97. The van der Waals surface area contributed by atoms with E-state index in [1.54, 1.807) is 13.8 Å². The second-order valence-electron chi connectivity index (χ2n) is 12.0. The molecule has 3 saturated heterocycles. The average molecular weight is 566 g/mol. The van der Waals surface area contributed by atoms with Crippen LogP contribution >= 0.6 is 0 Å². The molecule has 0 bridgehead atoms. The Hall–Kier alpha value is -3.04. The third-order valence-corrected chi connectivity index (χ3v) is 9.18. The Kier molecular flexibility index (Phi) is 9.55. The van der Waals surface area contributed by atoms with Crippen LogP contribution in [-0.2, 0) is 4.74 Å². The number of hydrogen-bond donors (Lipinski definition) is 1. The predicted molar refractivity (Wildman–Crippen MR) is 156 cm³/mol. The number of halogens is 1. The number of nitrogens with zero attached hydrogens (tertiary/aromatic N) is 4. The lowest BCUT2D eigenvalue weighted by molar-refractivity contribution is 0.0572. The van der Waals surface area contributed by atoms with Crippen molar-refractivity contribution in [1.82, 2.24) is 25.0 Å². The molecule has 2 aromatic rings. The number of hydrogen-bond acceptors (Lipinski definition) is 5. The van der Waals surface area contributed by atoms with Crippen molar-refractivity contribution in [3.8, 4) is 0 Å². The number of rotatable bonds is 9. The molecule has 8 nitrogen and oxygen atoms in total. The zero-order valence-corrected chi connectivity index (χ0v) is 24.7. The first-order valence-corrected chi connectivity index (χ1v) is 15.2. The first-order valence-electron chi connectivity index (χ1n) is 15.2. The standard InChI is InChI=1S/C32H44FN5O3/c1-22-19-29(33)35-24(3)30(22)31(39)34-14-9-23(2)36-15-10-27(11-16-36)38-28(26-7-5-4-6-8-26)21-37(32(38)40)20-25-12-17-41-18-13-25/h4-8,19,23,25,27-28H,9-18,20-21H2,1-3H3,(H,34,39). The van der Waals surface area contributed by atoms with Gasteiger partial charge in [0.05, 0.1) is 17.3 Å². The molecular formula is C32H44FN5O3. The smallest absolute Gasteiger partial charge is 0.320 e. The van der Waals surface area contributed by atoms with Gasteiger partial charge in [-0.3, -0.25) is 4.79 Å². The molecular weight excluding hydrogens is 521 g/mol. The third-order valence-electron chi connectivity index (χ3n) is 9.18. The van der Waals surface area contributed by atoms with Crippen molar-refractivity contribution in [1.29, 1.82) is 0 Å². The van der Waals surface area contributed by atoms with Crippen molar-refractivity contribution in [2.75, 3.05) is 45.9 Å². The number of piperidine rings is 1. The van der Waals surface area contributed by atoms with Crippen molar-refractivity contribution >= 4 is 11.9 Å². The Morgan fingerprint density at radius 2 is 1.83 bits per heavy atom. The molecule has 4 heterocycles. The summed E-state index contributed by atoms with van der Waals surface area (Å²) in [5.41, 5.74) is 2.67. The fourth-order valence-corrected chi connectivity index (χ4v) is 6.81. The number of amides is 3. The number of aryl methyl sites for hydroxylation is 2.